The molecule has 0 aliphatic carbocycles. The van der Waals surface area contributed by atoms with E-state index < -0.39 is 5.91 Å². The second-order valence-corrected chi connectivity index (χ2v) is 4.80. The van der Waals surface area contributed by atoms with Gasteiger partial charge in [-0.15, -0.1) is 0 Å². The van der Waals surface area contributed by atoms with Gasteiger partial charge in [0.2, 0.25) is 0 Å². The maximum atomic E-state index is 11.3. The largest absolute Gasteiger partial charge is 0.486 e. The highest BCUT2D eigenvalue weighted by atomic mass is 79.9. The molecule has 1 amide bonds. The van der Waals surface area contributed by atoms with Crippen molar-refractivity contribution in [3.8, 4) is 5.75 Å². The Balaban J connectivity index is 2.17. The van der Waals surface area contributed by atoms with Gasteiger partial charge in [-0.2, -0.15) is 0 Å². The molecular weight excluding hydrogens is 310 g/mol. The van der Waals surface area contributed by atoms with Crippen molar-refractivity contribution in [2.45, 2.75) is 6.61 Å². The number of nitrogens with zero attached hydrogens (tertiary/aromatic N) is 1. The molecule has 2 aromatic rings. The minimum Gasteiger partial charge on any atom is -0.486 e. The van der Waals surface area contributed by atoms with Crippen molar-refractivity contribution < 1.29 is 9.53 Å². The zero-order valence-electron chi connectivity index (χ0n) is 9.97. The summed E-state index contributed by atoms with van der Waals surface area (Å²) < 4.78 is 6.51. The number of halogens is 1. The summed E-state index contributed by atoms with van der Waals surface area (Å²) in [6.07, 6.45) is 1.40. The number of anilines is 1. The van der Waals surface area contributed by atoms with Gasteiger partial charge in [-0.3, -0.25) is 4.79 Å². The fourth-order valence-corrected chi connectivity index (χ4v) is 2.00. The predicted molar refractivity (Wildman–Crippen MR) is 75.6 cm³/mol. The zero-order valence-corrected chi connectivity index (χ0v) is 11.6. The van der Waals surface area contributed by atoms with Crippen LogP contribution < -0.4 is 16.2 Å². The summed E-state index contributed by atoms with van der Waals surface area (Å²) in [7, 11) is 0. The van der Waals surface area contributed by atoms with E-state index in [2.05, 4.69) is 20.9 Å². The summed E-state index contributed by atoms with van der Waals surface area (Å²) in [6, 6.07) is 9.06. The van der Waals surface area contributed by atoms with Crippen LogP contribution in [0.2, 0.25) is 0 Å². The number of carbonyl (C=O) groups excluding carboxylic acids is 1. The second-order valence-electron chi connectivity index (χ2n) is 3.89. The molecule has 1 heterocycles. The molecule has 0 saturated heterocycles. The van der Waals surface area contributed by atoms with E-state index in [9.17, 15) is 4.79 Å². The Morgan fingerprint density at radius 1 is 1.37 bits per heavy atom. The molecule has 19 heavy (non-hydrogen) atoms. The van der Waals surface area contributed by atoms with Gasteiger partial charge in [-0.25, -0.2) is 4.98 Å². The Morgan fingerprint density at radius 3 is 2.84 bits per heavy atom. The van der Waals surface area contributed by atoms with Crippen molar-refractivity contribution in [2.75, 3.05) is 5.73 Å². The van der Waals surface area contributed by atoms with Crippen LogP contribution in [-0.2, 0) is 6.61 Å². The first-order valence-corrected chi connectivity index (χ1v) is 6.28. The van der Waals surface area contributed by atoms with Crippen LogP contribution in [0.1, 0.15) is 15.9 Å². The molecule has 5 nitrogen and oxygen atoms in total. The van der Waals surface area contributed by atoms with E-state index in [4.69, 9.17) is 16.2 Å². The van der Waals surface area contributed by atoms with Crippen LogP contribution in [0, 0.1) is 0 Å². The summed E-state index contributed by atoms with van der Waals surface area (Å²) in [5.41, 5.74) is 12.0. The summed E-state index contributed by atoms with van der Waals surface area (Å²) in [6.45, 7) is 0.311. The van der Waals surface area contributed by atoms with E-state index in [1.165, 1.54) is 12.3 Å². The molecule has 98 valence electrons. The van der Waals surface area contributed by atoms with E-state index in [0.29, 0.717) is 12.4 Å². The van der Waals surface area contributed by atoms with Gasteiger partial charge in [0.05, 0.1) is 11.8 Å². The monoisotopic (exact) mass is 321 g/mol. The average molecular weight is 322 g/mol. The molecule has 0 spiro atoms. The fourth-order valence-electron chi connectivity index (χ4n) is 1.55. The van der Waals surface area contributed by atoms with Gasteiger partial charge in [0, 0.05) is 4.47 Å². The maximum absolute atomic E-state index is 11.3. The molecule has 1 aromatic heterocycles. The molecule has 0 fully saturated rings. The van der Waals surface area contributed by atoms with E-state index in [1.54, 1.807) is 0 Å². The maximum Gasteiger partial charge on any atom is 0.252 e. The molecule has 0 aliphatic heterocycles. The number of nitrogen functional groups attached to an aromatic ring is 1. The third-order valence-corrected chi connectivity index (χ3v) is 2.93. The highest BCUT2D eigenvalue weighted by molar-refractivity contribution is 9.10. The number of hydrogen-bond acceptors (Lipinski definition) is 4. The van der Waals surface area contributed by atoms with Gasteiger partial charge in [0.15, 0.2) is 5.75 Å². The van der Waals surface area contributed by atoms with Crippen LogP contribution in [0.15, 0.2) is 41.0 Å². The minimum absolute atomic E-state index is 0.225. The van der Waals surface area contributed by atoms with Crippen molar-refractivity contribution in [2.24, 2.45) is 5.73 Å². The van der Waals surface area contributed by atoms with Gasteiger partial charge in [-0.1, -0.05) is 28.1 Å². The molecule has 1 aromatic carbocycles. The molecule has 6 heteroatoms. The Bertz CT molecular complexity index is 617. The SMILES string of the molecule is NC(=O)c1cc(N)ncc1OCc1cccc(Br)c1. The number of carbonyl (C=O) groups is 1. The normalized spacial score (nSPS) is 10.2. The highest BCUT2D eigenvalue weighted by Gasteiger charge is 2.11. The summed E-state index contributed by atoms with van der Waals surface area (Å²) >= 11 is 3.38. The number of primary amides is 1. The van der Waals surface area contributed by atoms with Crippen molar-refractivity contribution >= 4 is 27.7 Å². The van der Waals surface area contributed by atoms with Gasteiger partial charge in [0.25, 0.3) is 5.91 Å². The lowest BCUT2D eigenvalue weighted by atomic mass is 10.2. The lowest BCUT2D eigenvalue weighted by Gasteiger charge is -2.10. The standard InChI is InChI=1S/C13H12BrN3O2/c14-9-3-1-2-8(4-9)7-19-11-6-17-12(15)5-10(11)13(16)18/h1-6H,7H2,(H2,15,17)(H2,16,18). The van der Waals surface area contributed by atoms with E-state index in [1.807, 2.05) is 24.3 Å². The lowest BCUT2D eigenvalue weighted by Crippen LogP contribution is -2.14. The second kappa shape index (κ2) is 5.71. The number of pyridine rings is 1. The van der Waals surface area contributed by atoms with Crippen LogP contribution >= 0.6 is 15.9 Å². The molecule has 4 N–H and O–H groups in total. The highest BCUT2D eigenvalue weighted by Crippen LogP contribution is 2.20. The molecule has 0 radical (unpaired) electrons. The Kier molecular flexibility index (Phi) is 4.01. The van der Waals surface area contributed by atoms with Crippen molar-refractivity contribution in [3.05, 3.63) is 52.1 Å². The van der Waals surface area contributed by atoms with E-state index >= 15 is 0 Å². The number of benzene rings is 1. The first-order valence-electron chi connectivity index (χ1n) is 5.49. The molecule has 0 unspecified atom stereocenters. The van der Waals surface area contributed by atoms with Crippen molar-refractivity contribution in [1.29, 1.82) is 0 Å². The van der Waals surface area contributed by atoms with Crippen LogP contribution in [0.25, 0.3) is 0 Å². The van der Waals surface area contributed by atoms with Crippen LogP contribution in [0.4, 0.5) is 5.82 Å². The summed E-state index contributed by atoms with van der Waals surface area (Å²) in [5.74, 6) is -0.0522. The van der Waals surface area contributed by atoms with Crippen LogP contribution in [0.5, 0.6) is 5.75 Å². The Hall–Kier alpha value is -2.08. The minimum atomic E-state index is -0.599. The Morgan fingerprint density at radius 2 is 2.16 bits per heavy atom. The average Bonchev–Trinajstić information content (AvgIpc) is 2.37. The quantitative estimate of drug-likeness (QED) is 0.902. The van der Waals surface area contributed by atoms with Crippen molar-refractivity contribution in [3.63, 3.8) is 0 Å². The Labute approximate surface area is 118 Å². The predicted octanol–water partition coefficient (Wildman–Crippen LogP) is 2.10. The third-order valence-electron chi connectivity index (χ3n) is 2.44. The van der Waals surface area contributed by atoms with E-state index in [0.717, 1.165) is 10.0 Å². The van der Waals surface area contributed by atoms with Gasteiger partial charge >= 0.3 is 0 Å². The smallest absolute Gasteiger partial charge is 0.252 e. The molecular formula is C13H12BrN3O2. The molecule has 0 bridgehead atoms. The fraction of sp³-hybridized carbons (Fsp3) is 0.0769. The molecule has 2 rings (SSSR count). The third kappa shape index (κ3) is 3.45. The number of ether oxygens (including phenoxy) is 1. The van der Waals surface area contributed by atoms with Crippen molar-refractivity contribution in [1.82, 2.24) is 4.98 Å². The van der Waals surface area contributed by atoms with E-state index in [-0.39, 0.29) is 11.4 Å². The van der Waals surface area contributed by atoms with Crippen LogP contribution in [0.3, 0.4) is 0 Å². The number of rotatable bonds is 4. The van der Waals surface area contributed by atoms with Gasteiger partial charge < -0.3 is 16.2 Å². The molecule has 0 saturated carbocycles. The first-order chi connectivity index (χ1) is 9.06. The molecule has 0 aliphatic rings. The van der Waals surface area contributed by atoms with Gasteiger partial charge in [0.1, 0.15) is 12.4 Å². The first kappa shape index (κ1) is 13.4. The number of hydrogen-bond donors (Lipinski definition) is 2. The van der Waals surface area contributed by atoms with Crippen LogP contribution in [-0.4, -0.2) is 10.9 Å². The summed E-state index contributed by atoms with van der Waals surface area (Å²) in [5, 5.41) is 0. The topological polar surface area (TPSA) is 91.2 Å². The lowest BCUT2D eigenvalue weighted by molar-refractivity contribution is 0.0996. The number of nitrogens with two attached hydrogens (primary N) is 2. The zero-order chi connectivity index (χ0) is 13.8. The number of aromatic nitrogens is 1. The van der Waals surface area contributed by atoms with Gasteiger partial charge in [-0.05, 0) is 23.8 Å². The summed E-state index contributed by atoms with van der Waals surface area (Å²) in [4.78, 5) is 15.2. The molecule has 0 atom stereocenters. The number of amides is 1.